The Balaban J connectivity index is 1.78. The first-order chi connectivity index (χ1) is 18.2. The Kier molecular flexibility index (Phi) is 10.3. The van der Waals surface area contributed by atoms with Gasteiger partial charge in [0, 0.05) is 13.3 Å². The predicted octanol–water partition coefficient (Wildman–Crippen LogP) is 1.00. The molecule has 1 amide bonds. The average molecular weight is 534 g/mol. The molecule has 2 aromatic rings. The summed E-state index contributed by atoms with van der Waals surface area (Å²) < 4.78 is 15.9. The molecule has 0 spiro atoms. The third-order valence-electron chi connectivity index (χ3n) is 6.30. The highest BCUT2D eigenvalue weighted by Gasteiger charge is 2.38. The van der Waals surface area contributed by atoms with Gasteiger partial charge in [-0.05, 0) is 30.9 Å². The minimum Gasteiger partial charge on any atom is -0.457 e. The highest BCUT2D eigenvalue weighted by Crippen LogP contribution is 2.30. The Morgan fingerprint density at radius 3 is 2.61 bits per heavy atom. The summed E-state index contributed by atoms with van der Waals surface area (Å²) in [5.41, 5.74) is 0.375. The summed E-state index contributed by atoms with van der Waals surface area (Å²) in [5, 5.41) is 47.2. The van der Waals surface area contributed by atoms with E-state index in [-0.39, 0.29) is 29.4 Å². The number of nitrogens with one attached hydrogen (secondary N) is 1. The molecule has 1 aliphatic rings. The van der Waals surface area contributed by atoms with Crippen molar-refractivity contribution >= 4 is 29.4 Å². The number of rotatable bonds is 11. The van der Waals surface area contributed by atoms with Crippen molar-refractivity contribution in [1.82, 2.24) is 14.6 Å². The molecule has 4 N–H and O–H groups in total. The summed E-state index contributed by atoms with van der Waals surface area (Å²) in [6, 6.07) is 4.85. The van der Waals surface area contributed by atoms with E-state index in [4.69, 9.17) is 9.47 Å². The molecular formula is C24H31N5O9. The highest BCUT2D eigenvalue weighted by atomic mass is 16.7. The first kappa shape index (κ1) is 28.8. The quantitative estimate of drug-likeness (QED) is 0.236. The average Bonchev–Trinajstić information content (AvgIpc) is 3.32. The van der Waals surface area contributed by atoms with Gasteiger partial charge in [-0.2, -0.15) is 10.4 Å². The van der Waals surface area contributed by atoms with Crippen molar-refractivity contribution in [2.45, 2.75) is 69.7 Å². The molecule has 14 heteroatoms. The molecule has 3 rings (SSSR count). The Hall–Kier alpha value is -3.80. The van der Waals surface area contributed by atoms with Crippen molar-refractivity contribution in [2.24, 2.45) is 5.92 Å². The zero-order valence-electron chi connectivity index (χ0n) is 20.9. The molecule has 0 aromatic carbocycles. The summed E-state index contributed by atoms with van der Waals surface area (Å²) in [7, 11) is 0. The predicted molar refractivity (Wildman–Crippen MR) is 128 cm³/mol. The molecule has 2 heterocycles. The molecule has 1 fully saturated rings. The van der Waals surface area contributed by atoms with Crippen molar-refractivity contribution in [2.75, 3.05) is 18.7 Å². The number of carbonyl (C=O) groups is 3. The number of nitrogens with zero attached hydrogens (tertiary/aromatic N) is 4. The maximum atomic E-state index is 12.6. The minimum atomic E-state index is -1.73. The van der Waals surface area contributed by atoms with E-state index in [1.165, 1.54) is 16.6 Å². The van der Waals surface area contributed by atoms with Gasteiger partial charge in [-0.15, -0.1) is 0 Å². The number of aliphatic hydroxyl groups is 3. The molecule has 2 aromatic heterocycles. The fourth-order valence-corrected chi connectivity index (χ4v) is 4.40. The number of ether oxygens (including phenoxy) is 3. The van der Waals surface area contributed by atoms with E-state index in [0.717, 1.165) is 45.4 Å². The topological polar surface area (TPSA) is 206 Å². The van der Waals surface area contributed by atoms with Crippen molar-refractivity contribution < 1.29 is 43.9 Å². The van der Waals surface area contributed by atoms with Crippen molar-refractivity contribution in [3.8, 4) is 6.07 Å². The lowest BCUT2D eigenvalue weighted by atomic mass is 9.87. The van der Waals surface area contributed by atoms with Crippen LogP contribution in [-0.4, -0.2) is 79.7 Å². The van der Waals surface area contributed by atoms with Crippen LogP contribution in [0.3, 0.4) is 0 Å². The number of aromatic nitrogens is 3. The van der Waals surface area contributed by atoms with Gasteiger partial charge in [-0.1, -0.05) is 19.3 Å². The van der Waals surface area contributed by atoms with Crippen LogP contribution < -0.4 is 5.32 Å². The highest BCUT2D eigenvalue weighted by molar-refractivity contribution is 5.88. The van der Waals surface area contributed by atoms with Crippen molar-refractivity contribution in [3.05, 3.63) is 24.2 Å². The zero-order valence-corrected chi connectivity index (χ0v) is 20.9. The van der Waals surface area contributed by atoms with Crippen LogP contribution in [0.15, 0.2) is 18.5 Å². The first-order valence-electron chi connectivity index (χ1n) is 12.2. The van der Waals surface area contributed by atoms with Gasteiger partial charge in [-0.3, -0.25) is 14.9 Å². The van der Waals surface area contributed by atoms with E-state index in [2.05, 4.69) is 20.1 Å². The van der Waals surface area contributed by atoms with Gasteiger partial charge in [0.2, 0.25) is 6.79 Å². The summed E-state index contributed by atoms with van der Waals surface area (Å²) in [6.45, 7) is -0.262. The molecule has 1 saturated carbocycles. The smallest absolute Gasteiger partial charge is 0.415 e. The lowest BCUT2D eigenvalue weighted by molar-refractivity contribution is -0.169. The molecule has 1 unspecified atom stereocenters. The Bertz CT molecular complexity index is 1160. The van der Waals surface area contributed by atoms with E-state index < -0.39 is 55.7 Å². The Labute approximate surface area is 218 Å². The lowest BCUT2D eigenvalue weighted by Crippen LogP contribution is -2.46. The largest absolute Gasteiger partial charge is 0.457 e. The number of anilines is 1. The summed E-state index contributed by atoms with van der Waals surface area (Å²) in [4.78, 5) is 39.4. The molecule has 0 saturated heterocycles. The molecule has 206 valence electrons. The fraction of sp³-hybridized carbons (Fsp3) is 0.583. The number of fused-ring (bicyclic) bond motifs is 1. The lowest BCUT2D eigenvalue weighted by Gasteiger charge is -2.30. The number of carbonyl (C=O) groups excluding carboxylic acids is 3. The van der Waals surface area contributed by atoms with Crippen molar-refractivity contribution in [3.63, 3.8) is 0 Å². The Morgan fingerprint density at radius 2 is 1.95 bits per heavy atom. The number of nitriles is 1. The molecule has 0 radical (unpaired) electrons. The molecule has 4 atom stereocenters. The van der Waals surface area contributed by atoms with E-state index in [9.17, 15) is 35.0 Å². The van der Waals surface area contributed by atoms with Gasteiger partial charge in [0.1, 0.15) is 30.0 Å². The first-order valence-corrected chi connectivity index (χ1v) is 12.2. The molecule has 14 nitrogen and oxygen atoms in total. The SMILES string of the molecule is CC(=O)OCOC(=O)Nc1ncnn2c(C(C#N)[C@H](O)[C@H](OC(=O)CC3CCCCC3)[C@H](O)CO)ccc12. The standard InChI is InChI=1S/C24H31N5O9/c1-14(31)36-13-37-24(35)28-23-18-8-7-17(29(18)27-12-26-23)16(10-25)21(34)22(19(32)11-30)38-20(33)9-15-5-3-2-4-6-15/h7-8,12,15-16,19,21-22,30,32,34H,2-6,9,11,13H2,1H3,(H,26,27,28,35)/t16?,19-,21+,22-/m1/s1. The van der Waals surface area contributed by atoms with Crippen LogP contribution in [0.2, 0.25) is 0 Å². The third kappa shape index (κ3) is 7.37. The third-order valence-corrected chi connectivity index (χ3v) is 6.30. The number of hydrogen-bond donors (Lipinski definition) is 4. The van der Waals surface area contributed by atoms with E-state index in [1.54, 1.807) is 0 Å². The van der Waals surface area contributed by atoms with Gasteiger partial charge in [0.25, 0.3) is 0 Å². The maximum Gasteiger partial charge on any atom is 0.415 e. The van der Waals surface area contributed by atoms with Crippen LogP contribution in [0.1, 0.15) is 57.1 Å². The van der Waals surface area contributed by atoms with Gasteiger partial charge >= 0.3 is 18.0 Å². The summed E-state index contributed by atoms with van der Waals surface area (Å²) in [5.74, 6) is -2.49. The van der Waals surface area contributed by atoms with Gasteiger partial charge in [-0.25, -0.2) is 14.3 Å². The van der Waals surface area contributed by atoms with Crippen LogP contribution in [-0.2, 0) is 23.8 Å². The van der Waals surface area contributed by atoms with Crippen molar-refractivity contribution in [1.29, 1.82) is 5.26 Å². The zero-order chi connectivity index (χ0) is 27.7. The van der Waals surface area contributed by atoms with Crippen LogP contribution >= 0.6 is 0 Å². The Morgan fingerprint density at radius 1 is 1.21 bits per heavy atom. The second-order valence-corrected chi connectivity index (χ2v) is 8.98. The second-order valence-electron chi connectivity index (χ2n) is 8.98. The summed E-state index contributed by atoms with van der Waals surface area (Å²) >= 11 is 0. The number of hydrogen-bond acceptors (Lipinski definition) is 12. The van der Waals surface area contributed by atoms with Gasteiger partial charge < -0.3 is 29.5 Å². The van der Waals surface area contributed by atoms with E-state index in [1.807, 2.05) is 6.07 Å². The van der Waals surface area contributed by atoms with E-state index in [0.29, 0.717) is 0 Å². The van der Waals surface area contributed by atoms with E-state index >= 15 is 0 Å². The number of aliphatic hydroxyl groups excluding tert-OH is 3. The molecule has 1 aliphatic carbocycles. The minimum absolute atomic E-state index is 0.00360. The monoisotopic (exact) mass is 533 g/mol. The molecule has 0 aliphatic heterocycles. The molecular weight excluding hydrogens is 502 g/mol. The van der Waals surface area contributed by atoms with Crippen LogP contribution in [0.25, 0.3) is 5.52 Å². The van der Waals surface area contributed by atoms with Gasteiger partial charge in [0.15, 0.2) is 11.9 Å². The fourth-order valence-electron chi connectivity index (χ4n) is 4.40. The van der Waals surface area contributed by atoms with Crippen LogP contribution in [0, 0.1) is 17.2 Å². The molecule has 38 heavy (non-hydrogen) atoms. The van der Waals surface area contributed by atoms with Gasteiger partial charge in [0.05, 0.1) is 18.4 Å². The number of esters is 2. The van der Waals surface area contributed by atoms with Crippen LogP contribution in [0.4, 0.5) is 10.6 Å². The normalized spacial score (nSPS) is 17.0. The summed E-state index contributed by atoms with van der Waals surface area (Å²) in [6.07, 6.45) is 0.201. The molecule has 0 bridgehead atoms. The number of amides is 1. The maximum absolute atomic E-state index is 12.6. The second kappa shape index (κ2) is 13.7. The van der Waals surface area contributed by atoms with Crippen LogP contribution in [0.5, 0.6) is 0 Å².